The summed E-state index contributed by atoms with van der Waals surface area (Å²) >= 11 is 0. The van der Waals surface area contributed by atoms with Crippen LogP contribution in [0.1, 0.15) is 24.7 Å². The van der Waals surface area contributed by atoms with E-state index in [4.69, 9.17) is 0 Å². The number of nitrogens with zero attached hydrogens (tertiary/aromatic N) is 2. The highest BCUT2D eigenvalue weighted by atomic mass is 15.3. The van der Waals surface area contributed by atoms with Crippen molar-refractivity contribution in [3.8, 4) is 0 Å². The molecule has 1 rings (SSSR count). The van der Waals surface area contributed by atoms with Gasteiger partial charge in [-0.3, -0.25) is 4.68 Å². The van der Waals surface area contributed by atoms with Crippen LogP contribution < -0.4 is 5.32 Å². The highest BCUT2D eigenvalue weighted by Gasteiger charge is 2.01. The van der Waals surface area contributed by atoms with Gasteiger partial charge in [-0.05, 0) is 25.5 Å². The van der Waals surface area contributed by atoms with Crippen molar-refractivity contribution in [3.63, 3.8) is 0 Å². The Morgan fingerprint density at radius 2 is 2.43 bits per heavy atom. The van der Waals surface area contributed by atoms with Gasteiger partial charge < -0.3 is 5.32 Å². The third-order valence-electron chi connectivity index (χ3n) is 2.22. The van der Waals surface area contributed by atoms with Gasteiger partial charge in [-0.25, -0.2) is 0 Å². The van der Waals surface area contributed by atoms with Crippen molar-refractivity contribution in [2.75, 3.05) is 6.54 Å². The summed E-state index contributed by atoms with van der Waals surface area (Å²) in [5.41, 5.74) is 2.40. The predicted octanol–water partition coefficient (Wildman–Crippen LogP) is 1.65. The number of aromatic nitrogens is 2. The molecule has 1 aromatic rings. The average molecular weight is 193 g/mol. The van der Waals surface area contributed by atoms with Crippen LogP contribution in [-0.4, -0.2) is 16.3 Å². The Morgan fingerprint density at radius 3 is 3.00 bits per heavy atom. The Morgan fingerprint density at radius 1 is 1.64 bits per heavy atom. The van der Waals surface area contributed by atoms with Crippen LogP contribution in [0, 0.1) is 0 Å². The van der Waals surface area contributed by atoms with E-state index < -0.39 is 0 Å². The van der Waals surface area contributed by atoms with Gasteiger partial charge in [0.05, 0.1) is 11.4 Å². The molecule has 78 valence electrons. The number of hydrogen-bond donors (Lipinski definition) is 1. The molecule has 0 fully saturated rings. The minimum Gasteiger partial charge on any atom is -0.311 e. The summed E-state index contributed by atoms with van der Waals surface area (Å²) in [6, 6.07) is 2.15. The molecule has 0 amide bonds. The summed E-state index contributed by atoms with van der Waals surface area (Å²) in [5, 5.41) is 7.73. The van der Waals surface area contributed by atoms with Crippen LogP contribution in [0.15, 0.2) is 18.7 Å². The normalized spacial score (nSPS) is 10.4. The SMILES string of the molecule is C=CCCNCc1cc(CC)nn1C. The molecule has 0 aromatic carbocycles. The van der Waals surface area contributed by atoms with E-state index in [9.17, 15) is 0 Å². The van der Waals surface area contributed by atoms with E-state index in [1.165, 1.54) is 5.69 Å². The van der Waals surface area contributed by atoms with E-state index in [1.807, 2.05) is 17.8 Å². The standard InChI is InChI=1S/C11H19N3/c1-4-6-7-12-9-11-8-10(5-2)13-14(11)3/h4,8,12H,1,5-7,9H2,2-3H3. The number of nitrogens with one attached hydrogen (secondary N) is 1. The molecule has 0 saturated heterocycles. The van der Waals surface area contributed by atoms with Gasteiger partial charge in [0.2, 0.25) is 0 Å². The van der Waals surface area contributed by atoms with E-state index in [0.29, 0.717) is 0 Å². The highest BCUT2D eigenvalue weighted by Crippen LogP contribution is 2.03. The molecule has 0 spiro atoms. The van der Waals surface area contributed by atoms with E-state index in [-0.39, 0.29) is 0 Å². The third kappa shape index (κ3) is 3.00. The van der Waals surface area contributed by atoms with Gasteiger partial charge in [-0.1, -0.05) is 13.0 Å². The van der Waals surface area contributed by atoms with Gasteiger partial charge >= 0.3 is 0 Å². The quantitative estimate of drug-likeness (QED) is 0.550. The molecule has 0 unspecified atom stereocenters. The summed E-state index contributed by atoms with van der Waals surface area (Å²) < 4.78 is 1.94. The summed E-state index contributed by atoms with van der Waals surface area (Å²) in [5.74, 6) is 0. The fraction of sp³-hybridized carbons (Fsp3) is 0.545. The maximum absolute atomic E-state index is 4.38. The van der Waals surface area contributed by atoms with Crippen molar-refractivity contribution in [2.45, 2.75) is 26.3 Å². The molecule has 1 N–H and O–H groups in total. The second-order valence-corrected chi connectivity index (χ2v) is 3.36. The second-order valence-electron chi connectivity index (χ2n) is 3.36. The Bertz CT molecular complexity index is 289. The lowest BCUT2D eigenvalue weighted by atomic mass is 10.3. The lowest BCUT2D eigenvalue weighted by Crippen LogP contribution is -2.16. The molecule has 14 heavy (non-hydrogen) atoms. The van der Waals surface area contributed by atoms with Crippen LogP contribution in [-0.2, 0) is 20.0 Å². The fourth-order valence-electron chi connectivity index (χ4n) is 1.33. The first-order valence-corrected chi connectivity index (χ1v) is 5.11. The number of rotatable bonds is 6. The zero-order valence-electron chi connectivity index (χ0n) is 9.08. The Kier molecular flexibility index (Phi) is 4.40. The maximum atomic E-state index is 4.38. The van der Waals surface area contributed by atoms with Gasteiger partial charge in [0, 0.05) is 13.6 Å². The number of aryl methyl sites for hydroxylation is 2. The molecular formula is C11H19N3. The third-order valence-corrected chi connectivity index (χ3v) is 2.22. The van der Waals surface area contributed by atoms with Crippen LogP contribution in [0.2, 0.25) is 0 Å². The van der Waals surface area contributed by atoms with E-state index in [1.54, 1.807) is 0 Å². The van der Waals surface area contributed by atoms with Crippen LogP contribution in [0.25, 0.3) is 0 Å². The summed E-state index contributed by atoms with van der Waals surface area (Å²) in [6.45, 7) is 7.67. The molecule has 0 atom stereocenters. The van der Waals surface area contributed by atoms with Crippen molar-refractivity contribution >= 4 is 0 Å². The van der Waals surface area contributed by atoms with Crippen molar-refractivity contribution in [2.24, 2.45) is 7.05 Å². The van der Waals surface area contributed by atoms with Gasteiger partial charge in [0.1, 0.15) is 0 Å². The van der Waals surface area contributed by atoms with Gasteiger partial charge in [0.15, 0.2) is 0 Å². The smallest absolute Gasteiger partial charge is 0.0625 e. The highest BCUT2D eigenvalue weighted by molar-refractivity contribution is 5.09. The second kappa shape index (κ2) is 5.60. The minimum absolute atomic E-state index is 0.886. The summed E-state index contributed by atoms with van der Waals surface area (Å²) in [4.78, 5) is 0. The van der Waals surface area contributed by atoms with Crippen molar-refractivity contribution in [1.29, 1.82) is 0 Å². The molecule has 0 saturated carbocycles. The van der Waals surface area contributed by atoms with Crippen LogP contribution in [0.5, 0.6) is 0 Å². The molecule has 1 aromatic heterocycles. The monoisotopic (exact) mass is 193 g/mol. The molecule has 0 aliphatic rings. The topological polar surface area (TPSA) is 29.9 Å². The molecule has 0 aliphatic heterocycles. The fourth-order valence-corrected chi connectivity index (χ4v) is 1.33. The van der Waals surface area contributed by atoms with Crippen LogP contribution >= 0.6 is 0 Å². The van der Waals surface area contributed by atoms with E-state index >= 15 is 0 Å². The first-order valence-electron chi connectivity index (χ1n) is 5.11. The zero-order valence-corrected chi connectivity index (χ0v) is 9.08. The Labute approximate surface area is 85.8 Å². The molecule has 3 nitrogen and oxygen atoms in total. The molecule has 3 heteroatoms. The number of hydrogen-bond acceptors (Lipinski definition) is 2. The Hall–Kier alpha value is -1.09. The van der Waals surface area contributed by atoms with Crippen LogP contribution in [0.3, 0.4) is 0 Å². The van der Waals surface area contributed by atoms with Crippen molar-refractivity contribution < 1.29 is 0 Å². The lowest BCUT2D eigenvalue weighted by Gasteiger charge is -2.02. The molecule has 0 aliphatic carbocycles. The summed E-state index contributed by atoms with van der Waals surface area (Å²) in [6.07, 6.45) is 3.94. The maximum Gasteiger partial charge on any atom is 0.0625 e. The largest absolute Gasteiger partial charge is 0.311 e. The van der Waals surface area contributed by atoms with Gasteiger partial charge in [0.25, 0.3) is 0 Å². The van der Waals surface area contributed by atoms with Crippen molar-refractivity contribution in [1.82, 2.24) is 15.1 Å². The first kappa shape index (κ1) is 11.0. The molecular weight excluding hydrogens is 174 g/mol. The van der Waals surface area contributed by atoms with Gasteiger partial charge in [-0.2, -0.15) is 5.10 Å². The molecule has 0 bridgehead atoms. The zero-order chi connectivity index (χ0) is 10.4. The Balaban J connectivity index is 2.41. The minimum atomic E-state index is 0.886. The van der Waals surface area contributed by atoms with E-state index in [2.05, 4.69) is 30.0 Å². The van der Waals surface area contributed by atoms with Crippen LogP contribution in [0.4, 0.5) is 0 Å². The average Bonchev–Trinajstić information content (AvgIpc) is 2.54. The first-order chi connectivity index (χ1) is 6.77. The van der Waals surface area contributed by atoms with Gasteiger partial charge in [-0.15, -0.1) is 6.58 Å². The van der Waals surface area contributed by atoms with E-state index in [0.717, 1.165) is 31.6 Å². The predicted molar refractivity (Wildman–Crippen MR) is 59.1 cm³/mol. The molecule has 1 heterocycles. The lowest BCUT2D eigenvalue weighted by molar-refractivity contribution is 0.627. The summed E-state index contributed by atoms with van der Waals surface area (Å²) in [7, 11) is 1.99. The van der Waals surface area contributed by atoms with Crippen molar-refractivity contribution in [3.05, 3.63) is 30.1 Å². The molecule has 0 radical (unpaired) electrons.